The zero-order valence-electron chi connectivity index (χ0n) is 14.2. The third-order valence-corrected chi connectivity index (χ3v) is 4.54. The van der Waals surface area contributed by atoms with E-state index in [-0.39, 0.29) is 18.9 Å². The molecule has 2 rings (SSSR count). The monoisotopic (exact) mass is 394 g/mol. The van der Waals surface area contributed by atoms with E-state index in [1.807, 2.05) is 0 Å². The third kappa shape index (κ3) is 6.50. The third-order valence-electron chi connectivity index (χ3n) is 3.42. The highest BCUT2D eigenvalue weighted by Gasteiger charge is 2.17. The van der Waals surface area contributed by atoms with E-state index < -0.39 is 18.0 Å². The standard InChI is InChI=1S/C18H19ClN2O4S/c1-12(17(23)21-11-13-4-6-14(19)7-5-13)25-16(22)8-9-20-18(24)15-3-2-10-26-15/h2-7,10,12H,8-9,11H2,1H3,(H,20,24)(H,21,23). The Morgan fingerprint density at radius 1 is 1.15 bits per heavy atom. The van der Waals surface area contributed by atoms with E-state index in [4.69, 9.17) is 16.3 Å². The Morgan fingerprint density at radius 3 is 2.54 bits per heavy atom. The van der Waals surface area contributed by atoms with Crippen molar-refractivity contribution in [1.82, 2.24) is 10.6 Å². The van der Waals surface area contributed by atoms with E-state index in [1.165, 1.54) is 18.3 Å². The molecule has 8 heteroatoms. The molecule has 0 saturated heterocycles. The molecule has 2 amide bonds. The molecule has 1 atom stereocenters. The molecule has 1 aromatic heterocycles. The second kappa shape index (κ2) is 9.94. The molecule has 138 valence electrons. The van der Waals surface area contributed by atoms with Crippen molar-refractivity contribution in [2.75, 3.05) is 6.54 Å². The summed E-state index contributed by atoms with van der Waals surface area (Å²) in [4.78, 5) is 36.1. The molecule has 2 N–H and O–H groups in total. The second-order valence-electron chi connectivity index (χ2n) is 5.46. The molecule has 0 aliphatic carbocycles. The van der Waals surface area contributed by atoms with Crippen molar-refractivity contribution in [1.29, 1.82) is 0 Å². The smallest absolute Gasteiger partial charge is 0.308 e. The average molecular weight is 395 g/mol. The van der Waals surface area contributed by atoms with Gasteiger partial charge in [-0.1, -0.05) is 29.8 Å². The molecule has 0 aliphatic heterocycles. The molecule has 6 nitrogen and oxygen atoms in total. The SMILES string of the molecule is CC(OC(=O)CCNC(=O)c1cccs1)C(=O)NCc1ccc(Cl)cc1. The number of carbonyl (C=O) groups is 3. The number of hydrogen-bond donors (Lipinski definition) is 2. The second-order valence-corrected chi connectivity index (χ2v) is 6.84. The van der Waals surface area contributed by atoms with Gasteiger partial charge in [0.25, 0.3) is 11.8 Å². The minimum Gasteiger partial charge on any atom is -0.452 e. The first-order valence-electron chi connectivity index (χ1n) is 7.99. The van der Waals surface area contributed by atoms with Crippen LogP contribution in [0.15, 0.2) is 41.8 Å². The van der Waals surface area contributed by atoms with Crippen molar-refractivity contribution < 1.29 is 19.1 Å². The van der Waals surface area contributed by atoms with E-state index in [1.54, 1.807) is 41.8 Å². The molecular formula is C18H19ClN2O4S. The Kier molecular flexibility index (Phi) is 7.62. The number of carbonyl (C=O) groups excluding carboxylic acids is 3. The number of ether oxygens (including phenoxy) is 1. The number of esters is 1. The van der Waals surface area contributed by atoms with Gasteiger partial charge in [-0.15, -0.1) is 11.3 Å². The molecule has 1 unspecified atom stereocenters. The summed E-state index contributed by atoms with van der Waals surface area (Å²) in [6.45, 7) is 1.96. The van der Waals surface area contributed by atoms with Crippen LogP contribution in [0.2, 0.25) is 5.02 Å². The van der Waals surface area contributed by atoms with Gasteiger partial charge in [-0.25, -0.2) is 0 Å². The van der Waals surface area contributed by atoms with E-state index in [9.17, 15) is 14.4 Å². The lowest BCUT2D eigenvalue weighted by Gasteiger charge is -2.13. The minimum atomic E-state index is -0.914. The van der Waals surface area contributed by atoms with Crippen LogP contribution in [0.3, 0.4) is 0 Å². The maximum Gasteiger partial charge on any atom is 0.308 e. The van der Waals surface area contributed by atoms with Crippen LogP contribution >= 0.6 is 22.9 Å². The van der Waals surface area contributed by atoms with E-state index in [2.05, 4.69) is 10.6 Å². The summed E-state index contributed by atoms with van der Waals surface area (Å²) in [6.07, 6.45) is -0.922. The lowest BCUT2D eigenvalue weighted by Crippen LogP contribution is -2.36. The van der Waals surface area contributed by atoms with Crippen molar-refractivity contribution in [2.45, 2.75) is 26.0 Å². The van der Waals surface area contributed by atoms with Crippen molar-refractivity contribution in [2.24, 2.45) is 0 Å². The Bertz CT molecular complexity index is 747. The van der Waals surface area contributed by atoms with Crippen molar-refractivity contribution in [3.8, 4) is 0 Å². The summed E-state index contributed by atoms with van der Waals surface area (Å²) in [5, 5.41) is 7.74. The highest BCUT2D eigenvalue weighted by molar-refractivity contribution is 7.12. The summed E-state index contributed by atoms with van der Waals surface area (Å²) < 4.78 is 5.07. The van der Waals surface area contributed by atoms with Gasteiger partial charge < -0.3 is 15.4 Å². The zero-order chi connectivity index (χ0) is 18.9. The number of nitrogens with one attached hydrogen (secondary N) is 2. The van der Waals surface area contributed by atoms with Crippen LogP contribution in [0.25, 0.3) is 0 Å². The van der Waals surface area contributed by atoms with Crippen molar-refractivity contribution >= 4 is 40.7 Å². The first-order valence-corrected chi connectivity index (χ1v) is 9.25. The Hall–Kier alpha value is -2.38. The number of hydrogen-bond acceptors (Lipinski definition) is 5. The molecule has 2 aromatic rings. The van der Waals surface area contributed by atoms with Gasteiger partial charge in [0.15, 0.2) is 6.10 Å². The Labute approximate surface area is 160 Å². The predicted molar refractivity (Wildman–Crippen MR) is 100 cm³/mol. The highest BCUT2D eigenvalue weighted by atomic mass is 35.5. The van der Waals surface area contributed by atoms with Crippen molar-refractivity contribution in [3.05, 3.63) is 57.2 Å². The Balaban J connectivity index is 1.66. The fourth-order valence-corrected chi connectivity index (χ4v) is 2.78. The van der Waals surface area contributed by atoms with Gasteiger partial charge in [0.05, 0.1) is 11.3 Å². The van der Waals surface area contributed by atoms with Crippen LogP contribution in [0.5, 0.6) is 0 Å². The normalized spacial score (nSPS) is 11.5. The number of thiophene rings is 1. The summed E-state index contributed by atoms with van der Waals surface area (Å²) in [5.74, 6) is -1.18. The van der Waals surface area contributed by atoms with Gasteiger partial charge in [-0.3, -0.25) is 14.4 Å². The van der Waals surface area contributed by atoms with Gasteiger partial charge in [-0.2, -0.15) is 0 Å². The van der Waals surface area contributed by atoms with E-state index >= 15 is 0 Å². The van der Waals surface area contributed by atoms with Crippen LogP contribution < -0.4 is 10.6 Å². The van der Waals surface area contributed by atoms with E-state index in [0.29, 0.717) is 16.4 Å². The summed E-state index contributed by atoms with van der Waals surface area (Å²) in [7, 11) is 0. The molecule has 0 radical (unpaired) electrons. The summed E-state index contributed by atoms with van der Waals surface area (Å²) >= 11 is 7.12. The first kappa shape index (κ1) is 19.9. The minimum absolute atomic E-state index is 0.00802. The van der Waals surface area contributed by atoms with Crippen LogP contribution in [0.1, 0.15) is 28.6 Å². The van der Waals surface area contributed by atoms with Crippen LogP contribution in [0, 0.1) is 0 Å². The van der Waals surface area contributed by atoms with Gasteiger partial charge in [0, 0.05) is 18.1 Å². The molecular weight excluding hydrogens is 376 g/mol. The highest BCUT2D eigenvalue weighted by Crippen LogP contribution is 2.09. The number of amides is 2. The Morgan fingerprint density at radius 2 is 1.88 bits per heavy atom. The number of benzene rings is 1. The topological polar surface area (TPSA) is 84.5 Å². The maximum absolute atomic E-state index is 12.0. The molecule has 0 bridgehead atoms. The largest absolute Gasteiger partial charge is 0.452 e. The molecule has 0 fully saturated rings. The summed E-state index contributed by atoms with van der Waals surface area (Å²) in [5.41, 5.74) is 0.887. The quantitative estimate of drug-likeness (QED) is 0.674. The van der Waals surface area contributed by atoms with Gasteiger partial charge in [0.1, 0.15) is 0 Å². The molecule has 1 heterocycles. The lowest BCUT2D eigenvalue weighted by atomic mass is 10.2. The molecule has 0 saturated carbocycles. The number of halogens is 1. The predicted octanol–water partition coefficient (Wildman–Crippen LogP) is 2.77. The van der Waals surface area contributed by atoms with Gasteiger partial charge in [-0.05, 0) is 36.1 Å². The van der Waals surface area contributed by atoms with Crippen LogP contribution in [-0.2, 0) is 20.9 Å². The van der Waals surface area contributed by atoms with E-state index in [0.717, 1.165) is 5.56 Å². The van der Waals surface area contributed by atoms with Crippen LogP contribution in [-0.4, -0.2) is 30.4 Å². The molecule has 0 spiro atoms. The van der Waals surface area contributed by atoms with Gasteiger partial charge in [0.2, 0.25) is 0 Å². The van der Waals surface area contributed by atoms with Crippen LogP contribution in [0.4, 0.5) is 0 Å². The van der Waals surface area contributed by atoms with Crippen molar-refractivity contribution in [3.63, 3.8) is 0 Å². The fraction of sp³-hybridized carbons (Fsp3) is 0.278. The number of rotatable bonds is 8. The fourth-order valence-electron chi connectivity index (χ4n) is 2.02. The average Bonchev–Trinajstić information content (AvgIpc) is 3.15. The van der Waals surface area contributed by atoms with Gasteiger partial charge >= 0.3 is 5.97 Å². The molecule has 0 aliphatic rings. The zero-order valence-corrected chi connectivity index (χ0v) is 15.7. The lowest BCUT2D eigenvalue weighted by molar-refractivity contribution is -0.154. The summed E-state index contributed by atoms with van der Waals surface area (Å²) in [6, 6.07) is 10.5. The first-order chi connectivity index (χ1) is 12.5. The molecule has 26 heavy (non-hydrogen) atoms. The molecule has 1 aromatic carbocycles. The maximum atomic E-state index is 12.0.